The van der Waals surface area contributed by atoms with E-state index in [0.29, 0.717) is 18.4 Å². The van der Waals surface area contributed by atoms with Gasteiger partial charge in [-0.25, -0.2) is 4.99 Å². The molecular formula is C21H26F2N4O. The first-order valence-corrected chi connectivity index (χ1v) is 9.26. The van der Waals surface area contributed by atoms with Gasteiger partial charge in [0.15, 0.2) is 5.96 Å². The quantitative estimate of drug-likeness (QED) is 0.756. The normalized spacial score (nSPS) is 19.2. The highest BCUT2D eigenvalue weighted by molar-refractivity contribution is 5.81. The number of hydrogen-bond donors (Lipinski definition) is 2. The van der Waals surface area contributed by atoms with Gasteiger partial charge in [0, 0.05) is 19.3 Å². The average Bonchev–Trinajstić information content (AvgIpc) is 2.96. The molecule has 28 heavy (non-hydrogen) atoms. The van der Waals surface area contributed by atoms with E-state index in [9.17, 15) is 8.78 Å². The number of likely N-dealkylation sites (N-methyl/N-ethyl adjacent to an activating group) is 1. The molecule has 3 N–H and O–H groups in total. The van der Waals surface area contributed by atoms with Gasteiger partial charge in [0.05, 0.1) is 6.54 Å². The van der Waals surface area contributed by atoms with Crippen LogP contribution in [-0.2, 0) is 5.54 Å². The number of nitrogens with one attached hydrogen (secondary N) is 1. The van der Waals surface area contributed by atoms with Crippen molar-refractivity contribution in [2.24, 2.45) is 16.6 Å². The van der Waals surface area contributed by atoms with Crippen LogP contribution in [-0.4, -0.2) is 37.6 Å². The fraction of sp³-hybridized carbons (Fsp3) is 0.381. The lowest BCUT2D eigenvalue weighted by Gasteiger charge is -2.28. The maximum Gasteiger partial charge on any atom is 0.387 e. The molecule has 1 aliphatic heterocycles. The minimum absolute atomic E-state index is 0.115. The van der Waals surface area contributed by atoms with Crippen LogP contribution in [0.15, 0.2) is 53.5 Å². The predicted molar refractivity (Wildman–Crippen MR) is 108 cm³/mol. The van der Waals surface area contributed by atoms with Gasteiger partial charge in [-0.15, -0.1) is 0 Å². The lowest BCUT2D eigenvalue weighted by atomic mass is 9.83. The molecular weight excluding hydrogens is 362 g/mol. The van der Waals surface area contributed by atoms with Crippen molar-refractivity contribution in [3.05, 3.63) is 59.7 Å². The Kier molecular flexibility index (Phi) is 5.72. The van der Waals surface area contributed by atoms with Crippen LogP contribution in [0.1, 0.15) is 25.0 Å². The molecule has 7 heteroatoms. The molecule has 1 atom stereocenters. The third kappa shape index (κ3) is 4.18. The Balaban J connectivity index is 1.99. The minimum atomic E-state index is -2.85. The third-order valence-corrected chi connectivity index (χ3v) is 4.77. The second kappa shape index (κ2) is 8.04. The first-order chi connectivity index (χ1) is 13.3. The first-order valence-electron chi connectivity index (χ1n) is 9.26. The number of guanidine groups is 1. The zero-order valence-electron chi connectivity index (χ0n) is 16.3. The fourth-order valence-corrected chi connectivity index (χ4v) is 3.34. The summed E-state index contributed by atoms with van der Waals surface area (Å²) in [6, 6.07) is 14.7. The number of hydrogen-bond acceptors (Lipinski definition) is 5. The molecule has 1 aliphatic rings. The average molecular weight is 388 g/mol. The van der Waals surface area contributed by atoms with Gasteiger partial charge >= 0.3 is 6.61 Å². The van der Waals surface area contributed by atoms with Gasteiger partial charge in [-0.2, -0.15) is 8.78 Å². The van der Waals surface area contributed by atoms with E-state index in [0.717, 1.165) is 23.4 Å². The largest absolute Gasteiger partial charge is 0.435 e. The van der Waals surface area contributed by atoms with Crippen molar-refractivity contribution >= 4 is 11.6 Å². The molecule has 0 aromatic heterocycles. The molecule has 0 aliphatic carbocycles. The van der Waals surface area contributed by atoms with Crippen LogP contribution in [0.5, 0.6) is 5.75 Å². The van der Waals surface area contributed by atoms with Gasteiger partial charge < -0.3 is 20.7 Å². The molecule has 1 heterocycles. The summed E-state index contributed by atoms with van der Waals surface area (Å²) >= 11 is 0. The second-order valence-electron chi connectivity index (χ2n) is 7.44. The summed E-state index contributed by atoms with van der Waals surface area (Å²) in [6.07, 6.45) is 0. The maximum absolute atomic E-state index is 12.5. The maximum atomic E-state index is 12.5. The highest BCUT2D eigenvalue weighted by Gasteiger charge is 2.41. The van der Waals surface area contributed by atoms with E-state index in [-0.39, 0.29) is 5.75 Å². The van der Waals surface area contributed by atoms with Crippen molar-refractivity contribution in [1.82, 2.24) is 4.90 Å². The molecule has 2 aromatic rings. The Morgan fingerprint density at radius 2 is 1.89 bits per heavy atom. The van der Waals surface area contributed by atoms with Gasteiger partial charge in [-0.3, -0.25) is 0 Å². The highest BCUT2D eigenvalue weighted by Crippen LogP contribution is 2.39. The molecule has 0 saturated carbocycles. The van der Waals surface area contributed by atoms with E-state index >= 15 is 0 Å². The summed E-state index contributed by atoms with van der Waals surface area (Å²) < 4.78 is 29.4. The van der Waals surface area contributed by atoms with Gasteiger partial charge in [-0.1, -0.05) is 38.1 Å². The van der Waals surface area contributed by atoms with Crippen LogP contribution in [0, 0.1) is 5.92 Å². The van der Waals surface area contributed by atoms with Crippen molar-refractivity contribution in [3.8, 4) is 5.75 Å². The summed E-state index contributed by atoms with van der Waals surface area (Å²) in [5.74, 6) is 1.07. The zero-order chi connectivity index (χ0) is 20.3. The summed E-state index contributed by atoms with van der Waals surface area (Å²) in [5, 5.41) is 3.43. The van der Waals surface area contributed by atoms with Gasteiger partial charge in [0.2, 0.25) is 0 Å². The van der Waals surface area contributed by atoms with Crippen LogP contribution >= 0.6 is 0 Å². The van der Waals surface area contributed by atoms with Gasteiger partial charge in [-0.05, 0) is 41.3 Å². The third-order valence-electron chi connectivity index (χ3n) is 4.77. The standard InChI is InChI=1S/C21H26F2N4O/c1-14(2)12-25-17-6-4-5-16(11-17)21(13-27(3)20(24)26-21)15-7-9-18(10-8-15)28-19(22)23/h4-11,14,19,25H,12-13H2,1-3H3,(H2,24,26). The summed E-state index contributed by atoms with van der Waals surface area (Å²) in [6.45, 7) is 2.87. The number of alkyl halides is 2. The van der Waals surface area contributed by atoms with E-state index in [1.54, 1.807) is 12.1 Å². The van der Waals surface area contributed by atoms with E-state index in [2.05, 4.69) is 30.0 Å². The monoisotopic (exact) mass is 388 g/mol. The van der Waals surface area contributed by atoms with Crippen LogP contribution in [0.25, 0.3) is 0 Å². The SMILES string of the molecule is CC(C)CNc1cccc(C2(c3ccc(OC(F)F)cc3)CN(C)C(N)=N2)c1. The molecule has 0 amide bonds. The zero-order valence-corrected chi connectivity index (χ0v) is 16.3. The summed E-state index contributed by atoms with van der Waals surface area (Å²) in [4.78, 5) is 6.66. The fourth-order valence-electron chi connectivity index (χ4n) is 3.34. The molecule has 0 saturated heterocycles. The van der Waals surface area contributed by atoms with Crippen LogP contribution in [0.2, 0.25) is 0 Å². The number of rotatable bonds is 7. The first kappa shape index (κ1) is 19.9. The number of anilines is 1. The molecule has 0 fully saturated rings. The molecule has 5 nitrogen and oxygen atoms in total. The molecule has 3 rings (SSSR count). The van der Waals surface area contributed by atoms with Crippen molar-refractivity contribution in [1.29, 1.82) is 0 Å². The second-order valence-corrected chi connectivity index (χ2v) is 7.44. The summed E-state index contributed by atoms with van der Waals surface area (Å²) in [7, 11) is 1.88. The van der Waals surface area contributed by atoms with E-state index in [4.69, 9.17) is 10.7 Å². The van der Waals surface area contributed by atoms with Crippen molar-refractivity contribution in [2.75, 3.05) is 25.5 Å². The summed E-state index contributed by atoms with van der Waals surface area (Å²) in [5.41, 5.74) is 8.24. The number of halogens is 2. The lowest BCUT2D eigenvalue weighted by Crippen LogP contribution is -2.34. The Morgan fingerprint density at radius 1 is 1.18 bits per heavy atom. The van der Waals surface area contributed by atoms with Crippen molar-refractivity contribution < 1.29 is 13.5 Å². The van der Waals surface area contributed by atoms with Gasteiger partial charge in [0.25, 0.3) is 0 Å². The number of ether oxygens (including phenoxy) is 1. The molecule has 2 aromatic carbocycles. The van der Waals surface area contributed by atoms with Crippen molar-refractivity contribution in [3.63, 3.8) is 0 Å². The Morgan fingerprint density at radius 3 is 2.46 bits per heavy atom. The van der Waals surface area contributed by atoms with Gasteiger partial charge in [0.1, 0.15) is 11.3 Å². The number of nitrogens with zero attached hydrogens (tertiary/aromatic N) is 2. The van der Waals surface area contributed by atoms with Crippen LogP contribution in [0.3, 0.4) is 0 Å². The van der Waals surface area contributed by atoms with E-state index in [1.807, 2.05) is 30.1 Å². The number of benzene rings is 2. The Hall–Kier alpha value is -2.83. The molecule has 0 bridgehead atoms. The molecule has 0 radical (unpaired) electrons. The van der Waals surface area contributed by atoms with E-state index in [1.165, 1.54) is 12.1 Å². The minimum Gasteiger partial charge on any atom is -0.435 e. The predicted octanol–water partition coefficient (Wildman–Crippen LogP) is 3.86. The van der Waals surface area contributed by atoms with Crippen LogP contribution in [0.4, 0.5) is 14.5 Å². The van der Waals surface area contributed by atoms with Crippen molar-refractivity contribution in [2.45, 2.75) is 26.0 Å². The Bertz CT molecular complexity index is 839. The lowest BCUT2D eigenvalue weighted by molar-refractivity contribution is -0.0498. The Labute approximate surface area is 164 Å². The van der Waals surface area contributed by atoms with Crippen LogP contribution < -0.4 is 15.8 Å². The smallest absolute Gasteiger partial charge is 0.387 e. The molecule has 0 spiro atoms. The topological polar surface area (TPSA) is 62.9 Å². The molecule has 150 valence electrons. The van der Waals surface area contributed by atoms with E-state index < -0.39 is 12.2 Å². The number of nitrogens with two attached hydrogens (primary N) is 1. The number of aliphatic imine (C=N–C) groups is 1. The molecule has 1 unspecified atom stereocenters. The highest BCUT2D eigenvalue weighted by atomic mass is 19.3.